The van der Waals surface area contributed by atoms with Crippen molar-refractivity contribution in [3.8, 4) is 17.2 Å². The minimum Gasteiger partial charge on any atom is -0.482 e. The van der Waals surface area contributed by atoms with E-state index in [0.29, 0.717) is 0 Å². The lowest BCUT2D eigenvalue weighted by atomic mass is 10.2. The molecule has 0 radical (unpaired) electrons. The van der Waals surface area contributed by atoms with Gasteiger partial charge in [0.25, 0.3) is 5.91 Å². The summed E-state index contributed by atoms with van der Waals surface area (Å²) in [5.41, 5.74) is 1.69. The molecule has 2 aliphatic rings. The lowest BCUT2D eigenvalue weighted by Gasteiger charge is -2.26. The minimum absolute atomic E-state index is 0.0524. The maximum absolute atomic E-state index is 11.7. The summed E-state index contributed by atoms with van der Waals surface area (Å²) in [6.07, 6.45) is 0. The second-order valence-corrected chi connectivity index (χ2v) is 6.02. The van der Waals surface area contributed by atoms with Crippen LogP contribution in [0.3, 0.4) is 0 Å². The van der Waals surface area contributed by atoms with E-state index < -0.39 is 0 Å². The summed E-state index contributed by atoms with van der Waals surface area (Å²) < 4.78 is 19.3. The van der Waals surface area contributed by atoms with Crippen LogP contribution in [0.2, 0.25) is 0 Å². The molecule has 0 fully saturated rings. The van der Waals surface area contributed by atoms with Crippen LogP contribution in [-0.2, 0) is 4.79 Å². The maximum atomic E-state index is 11.7. The van der Waals surface area contributed by atoms with Crippen LogP contribution in [-0.4, -0.2) is 26.4 Å². The molecule has 23 heavy (non-hydrogen) atoms. The highest BCUT2D eigenvalue weighted by Gasteiger charge is 2.22. The quantitative estimate of drug-likeness (QED) is 0.873. The van der Waals surface area contributed by atoms with Crippen molar-refractivity contribution < 1.29 is 19.0 Å². The molecule has 0 atom stereocenters. The van der Waals surface area contributed by atoms with Crippen LogP contribution in [0.15, 0.2) is 41.3 Å². The first kappa shape index (κ1) is 14.1. The molecule has 1 amide bonds. The SMILES string of the molecule is CN1C(=O)COc2ccc(SNc3ccc4c(c3)OCO4)cc21. The van der Waals surface area contributed by atoms with E-state index in [1.165, 1.54) is 11.9 Å². The first-order chi connectivity index (χ1) is 11.2. The van der Waals surface area contributed by atoms with E-state index in [2.05, 4.69) is 4.72 Å². The molecule has 2 heterocycles. The van der Waals surface area contributed by atoms with E-state index in [9.17, 15) is 4.79 Å². The van der Waals surface area contributed by atoms with E-state index in [4.69, 9.17) is 14.2 Å². The number of benzene rings is 2. The Morgan fingerprint density at radius 3 is 2.78 bits per heavy atom. The highest BCUT2D eigenvalue weighted by atomic mass is 32.2. The average molecular weight is 330 g/mol. The molecule has 0 aliphatic carbocycles. The van der Waals surface area contributed by atoms with Crippen LogP contribution >= 0.6 is 11.9 Å². The largest absolute Gasteiger partial charge is 0.482 e. The van der Waals surface area contributed by atoms with Gasteiger partial charge in [-0.05, 0) is 42.3 Å². The van der Waals surface area contributed by atoms with E-state index in [-0.39, 0.29) is 19.3 Å². The van der Waals surface area contributed by atoms with Gasteiger partial charge in [0.2, 0.25) is 6.79 Å². The first-order valence-electron chi connectivity index (χ1n) is 7.06. The van der Waals surface area contributed by atoms with E-state index in [1.54, 1.807) is 11.9 Å². The van der Waals surface area contributed by atoms with Gasteiger partial charge in [-0.15, -0.1) is 0 Å². The van der Waals surface area contributed by atoms with Crippen LogP contribution in [0.25, 0.3) is 0 Å². The molecule has 0 bridgehead atoms. The zero-order valence-corrected chi connectivity index (χ0v) is 13.2. The summed E-state index contributed by atoms with van der Waals surface area (Å²) in [5.74, 6) is 2.16. The predicted molar refractivity (Wildman–Crippen MR) is 87.4 cm³/mol. The summed E-state index contributed by atoms with van der Waals surface area (Å²) in [6.45, 7) is 0.350. The topological polar surface area (TPSA) is 60.0 Å². The lowest BCUT2D eigenvalue weighted by molar-refractivity contribution is -0.120. The second kappa shape index (κ2) is 5.58. The molecule has 0 saturated carbocycles. The van der Waals surface area contributed by atoms with Crippen LogP contribution in [0.1, 0.15) is 0 Å². The van der Waals surface area contributed by atoms with Crippen LogP contribution < -0.4 is 23.8 Å². The van der Waals surface area contributed by atoms with Gasteiger partial charge in [0, 0.05) is 23.7 Å². The van der Waals surface area contributed by atoms with Gasteiger partial charge in [-0.3, -0.25) is 4.79 Å². The number of carbonyl (C=O) groups excluding carboxylic acids is 1. The summed E-state index contributed by atoms with van der Waals surface area (Å²) in [7, 11) is 1.75. The fourth-order valence-electron chi connectivity index (χ4n) is 2.39. The number of rotatable bonds is 3. The number of ether oxygens (including phenoxy) is 3. The Kier molecular flexibility index (Phi) is 3.42. The summed E-state index contributed by atoms with van der Waals surface area (Å²) in [5, 5.41) is 0. The monoisotopic (exact) mass is 330 g/mol. The Hall–Kier alpha value is -2.54. The van der Waals surface area contributed by atoms with Gasteiger partial charge in [0.1, 0.15) is 5.75 Å². The maximum Gasteiger partial charge on any atom is 0.264 e. The Balaban J connectivity index is 1.50. The molecule has 6 nitrogen and oxygen atoms in total. The third-order valence-corrected chi connectivity index (χ3v) is 4.50. The fourth-order valence-corrected chi connectivity index (χ4v) is 3.06. The molecule has 4 rings (SSSR count). The van der Waals surface area contributed by atoms with E-state index in [1.807, 2.05) is 36.4 Å². The molecule has 2 aromatic rings. The minimum atomic E-state index is -0.0524. The van der Waals surface area contributed by atoms with Gasteiger partial charge in [-0.2, -0.15) is 0 Å². The number of likely N-dealkylation sites (N-methyl/N-ethyl adjacent to an activating group) is 1. The highest BCUT2D eigenvalue weighted by molar-refractivity contribution is 8.00. The molecule has 2 aromatic carbocycles. The van der Waals surface area contributed by atoms with Gasteiger partial charge < -0.3 is 23.8 Å². The molecule has 0 spiro atoms. The number of fused-ring (bicyclic) bond motifs is 2. The molecule has 2 aliphatic heterocycles. The molecule has 0 aromatic heterocycles. The Morgan fingerprint density at radius 2 is 1.87 bits per heavy atom. The van der Waals surface area contributed by atoms with Gasteiger partial charge in [-0.1, -0.05) is 0 Å². The van der Waals surface area contributed by atoms with Crippen molar-refractivity contribution in [3.63, 3.8) is 0 Å². The van der Waals surface area contributed by atoms with Crippen LogP contribution in [0, 0.1) is 0 Å². The van der Waals surface area contributed by atoms with Crippen molar-refractivity contribution in [3.05, 3.63) is 36.4 Å². The van der Waals surface area contributed by atoms with Crippen LogP contribution in [0.4, 0.5) is 11.4 Å². The molecule has 0 unspecified atom stereocenters. The lowest BCUT2D eigenvalue weighted by Crippen LogP contribution is -2.35. The van der Waals surface area contributed by atoms with Gasteiger partial charge >= 0.3 is 0 Å². The number of hydrogen-bond donors (Lipinski definition) is 1. The summed E-state index contributed by atoms with van der Waals surface area (Å²) >= 11 is 1.46. The fraction of sp³-hybridized carbons (Fsp3) is 0.188. The standard InChI is InChI=1S/C16H14N2O4S/c1-18-12-7-11(3-5-13(12)20-8-16(18)19)23-17-10-2-4-14-15(6-10)22-9-21-14/h2-7,17H,8-9H2,1H3. The Labute approximate surface area is 137 Å². The molecule has 118 valence electrons. The number of amides is 1. The van der Waals surface area contributed by atoms with Gasteiger partial charge in [-0.25, -0.2) is 0 Å². The molecular formula is C16H14N2O4S. The van der Waals surface area contributed by atoms with Crippen LogP contribution in [0.5, 0.6) is 17.2 Å². The van der Waals surface area contributed by atoms with Crippen molar-refractivity contribution in [1.82, 2.24) is 0 Å². The van der Waals surface area contributed by atoms with Crippen molar-refractivity contribution >= 4 is 29.2 Å². The molecule has 7 heteroatoms. The number of carbonyl (C=O) groups is 1. The Morgan fingerprint density at radius 1 is 1.04 bits per heavy atom. The zero-order valence-electron chi connectivity index (χ0n) is 12.4. The van der Waals surface area contributed by atoms with E-state index in [0.717, 1.165) is 33.5 Å². The molecular weight excluding hydrogens is 316 g/mol. The normalized spacial score (nSPS) is 15.2. The highest BCUT2D eigenvalue weighted by Crippen LogP contribution is 2.37. The van der Waals surface area contributed by atoms with E-state index >= 15 is 0 Å². The first-order valence-corrected chi connectivity index (χ1v) is 7.88. The smallest absolute Gasteiger partial charge is 0.264 e. The van der Waals surface area contributed by atoms with Gasteiger partial charge in [0.05, 0.1) is 5.69 Å². The average Bonchev–Trinajstić information content (AvgIpc) is 3.04. The molecule has 0 saturated heterocycles. The summed E-state index contributed by atoms with van der Waals surface area (Å²) in [6, 6.07) is 11.5. The number of anilines is 2. The number of nitrogens with zero attached hydrogens (tertiary/aromatic N) is 1. The second-order valence-electron chi connectivity index (χ2n) is 5.14. The van der Waals surface area contributed by atoms with Crippen molar-refractivity contribution in [2.24, 2.45) is 0 Å². The third kappa shape index (κ3) is 2.63. The van der Waals surface area contributed by atoms with Crippen molar-refractivity contribution in [2.45, 2.75) is 4.90 Å². The Bertz CT molecular complexity index is 781. The summed E-state index contributed by atoms with van der Waals surface area (Å²) in [4.78, 5) is 14.3. The molecule has 1 N–H and O–H groups in total. The number of nitrogens with one attached hydrogen (secondary N) is 1. The van der Waals surface area contributed by atoms with Crippen molar-refractivity contribution in [2.75, 3.05) is 30.1 Å². The third-order valence-electron chi connectivity index (χ3n) is 3.68. The zero-order chi connectivity index (χ0) is 15.8. The van der Waals surface area contributed by atoms with Crippen molar-refractivity contribution in [1.29, 1.82) is 0 Å². The number of hydrogen-bond acceptors (Lipinski definition) is 6. The van der Waals surface area contributed by atoms with Gasteiger partial charge in [0.15, 0.2) is 18.1 Å². The predicted octanol–water partition coefficient (Wildman–Crippen LogP) is 2.89.